The van der Waals surface area contributed by atoms with Crippen LogP contribution in [0, 0.1) is 11.8 Å². The second kappa shape index (κ2) is 13.7. The Morgan fingerprint density at radius 1 is 1.00 bits per heavy atom. The third kappa shape index (κ3) is 8.05. The van der Waals surface area contributed by atoms with E-state index in [0.717, 1.165) is 5.56 Å². The average molecular weight is 222 g/mol. The smallest absolute Gasteiger partial charge is 0.0245 e. The molecule has 0 atom stereocenters. The summed E-state index contributed by atoms with van der Waals surface area (Å²) in [5.41, 5.74) is 2.51. The minimum atomic E-state index is 0. The summed E-state index contributed by atoms with van der Waals surface area (Å²) in [4.78, 5) is 0. The van der Waals surface area contributed by atoms with E-state index >= 15 is 0 Å². The van der Waals surface area contributed by atoms with Gasteiger partial charge >= 0.3 is 0 Å². The van der Waals surface area contributed by atoms with Crippen LogP contribution in [0.3, 0.4) is 0 Å². The standard InChI is InChI=1S/C12H14.C2H6.2H3N/c1-3-5-11-7-9-12(6-4-2)10-8-11;1-2;;/h7-10H,3,5H2,1-2H3;1-2H3;2*1H3. The molecule has 0 heterocycles. The van der Waals surface area contributed by atoms with Gasteiger partial charge in [0.2, 0.25) is 0 Å². The first-order valence-electron chi connectivity index (χ1n) is 5.38. The average Bonchev–Trinajstić information content (AvgIpc) is 2.25. The maximum Gasteiger partial charge on any atom is 0.0245 e. The quantitative estimate of drug-likeness (QED) is 0.730. The summed E-state index contributed by atoms with van der Waals surface area (Å²) in [6.07, 6.45) is 2.37. The Labute approximate surface area is 101 Å². The number of benzene rings is 1. The van der Waals surface area contributed by atoms with Gasteiger partial charge in [0.05, 0.1) is 0 Å². The Bertz CT molecular complexity index is 291. The molecule has 0 radical (unpaired) electrons. The van der Waals surface area contributed by atoms with Crippen LogP contribution < -0.4 is 12.3 Å². The molecular formula is C14H26N2. The first-order valence-corrected chi connectivity index (χ1v) is 5.38. The van der Waals surface area contributed by atoms with E-state index in [1.165, 1.54) is 18.4 Å². The van der Waals surface area contributed by atoms with Crippen molar-refractivity contribution in [3.8, 4) is 11.8 Å². The predicted octanol–water partition coefficient (Wildman–Crippen LogP) is 4.36. The number of aryl methyl sites for hydroxylation is 1. The van der Waals surface area contributed by atoms with Crippen molar-refractivity contribution in [3.63, 3.8) is 0 Å². The first-order chi connectivity index (χ1) is 6.86. The van der Waals surface area contributed by atoms with Crippen molar-refractivity contribution in [1.29, 1.82) is 0 Å². The summed E-state index contributed by atoms with van der Waals surface area (Å²) in [6.45, 7) is 8.06. The molecule has 1 rings (SSSR count). The Kier molecular flexibility index (Phi) is 17.3. The van der Waals surface area contributed by atoms with E-state index in [2.05, 4.69) is 43.0 Å². The van der Waals surface area contributed by atoms with Crippen LogP contribution in [-0.2, 0) is 6.42 Å². The molecular weight excluding hydrogens is 196 g/mol. The molecule has 0 aliphatic heterocycles. The summed E-state index contributed by atoms with van der Waals surface area (Å²) < 4.78 is 0. The van der Waals surface area contributed by atoms with E-state index in [4.69, 9.17) is 0 Å². The third-order valence-electron chi connectivity index (χ3n) is 1.76. The van der Waals surface area contributed by atoms with Crippen molar-refractivity contribution in [2.45, 2.75) is 40.5 Å². The lowest BCUT2D eigenvalue weighted by molar-refractivity contribution is 0.922. The maximum atomic E-state index is 3.03. The molecule has 0 amide bonds. The summed E-state index contributed by atoms with van der Waals surface area (Å²) in [6, 6.07) is 8.48. The summed E-state index contributed by atoms with van der Waals surface area (Å²) >= 11 is 0. The minimum Gasteiger partial charge on any atom is -0.344 e. The molecule has 16 heavy (non-hydrogen) atoms. The molecule has 0 aliphatic carbocycles. The molecule has 1 aromatic rings. The molecule has 1 aromatic carbocycles. The monoisotopic (exact) mass is 222 g/mol. The zero-order chi connectivity index (χ0) is 10.8. The third-order valence-corrected chi connectivity index (χ3v) is 1.76. The van der Waals surface area contributed by atoms with Crippen LogP contribution in [-0.4, -0.2) is 0 Å². The van der Waals surface area contributed by atoms with Crippen LogP contribution >= 0.6 is 0 Å². The molecule has 92 valence electrons. The number of rotatable bonds is 2. The fourth-order valence-electron chi connectivity index (χ4n) is 1.19. The van der Waals surface area contributed by atoms with Gasteiger partial charge in [-0.05, 0) is 31.0 Å². The molecule has 6 N–H and O–H groups in total. The van der Waals surface area contributed by atoms with Crippen molar-refractivity contribution in [2.24, 2.45) is 0 Å². The van der Waals surface area contributed by atoms with Gasteiger partial charge in [0.1, 0.15) is 0 Å². The normalized spacial score (nSPS) is 7.00. The fourth-order valence-corrected chi connectivity index (χ4v) is 1.19. The van der Waals surface area contributed by atoms with Crippen molar-refractivity contribution >= 4 is 0 Å². The topological polar surface area (TPSA) is 70.0 Å². The van der Waals surface area contributed by atoms with E-state index < -0.39 is 0 Å². The van der Waals surface area contributed by atoms with Crippen LogP contribution in [0.15, 0.2) is 24.3 Å². The molecule has 0 fully saturated rings. The summed E-state index contributed by atoms with van der Waals surface area (Å²) in [5, 5.41) is 0. The Morgan fingerprint density at radius 2 is 1.50 bits per heavy atom. The van der Waals surface area contributed by atoms with Gasteiger partial charge in [-0.3, -0.25) is 0 Å². The number of hydrogen-bond donors (Lipinski definition) is 2. The second-order valence-corrected chi connectivity index (χ2v) is 2.82. The SMILES string of the molecule is CC.CC#Cc1ccc(CCC)cc1.N.N. The van der Waals surface area contributed by atoms with E-state index in [9.17, 15) is 0 Å². The highest BCUT2D eigenvalue weighted by atomic mass is 14.0. The lowest BCUT2D eigenvalue weighted by Crippen LogP contribution is -1.82. The lowest BCUT2D eigenvalue weighted by atomic mass is 10.1. The van der Waals surface area contributed by atoms with E-state index in [1.807, 2.05) is 20.8 Å². The molecule has 0 saturated carbocycles. The highest BCUT2D eigenvalue weighted by molar-refractivity contribution is 5.35. The molecule has 0 aromatic heterocycles. The van der Waals surface area contributed by atoms with Crippen molar-refractivity contribution in [2.75, 3.05) is 0 Å². The van der Waals surface area contributed by atoms with Crippen LogP contribution in [0.1, 0.15) is 45.2 Å². The van der Waals surface area contributed by atoms with Crippen molar-refractivity contribution in [3.05, 3.63) is 35.4 Å². The van der Waals surface area contributed by atoms with Crippen LogP contribution in [0.4, 0.5) is 0 Å². The molecule has 0 unspecified atom stereocenters. The van der Waals surface area contributed by atoms with Gasteiger partial charge in [-0.2, -0.15) is 0 Å². The second-order valence-electron chi connectivity index (χ2n) is 2.82. The lowest BCUT2D eigenvalue weighted by Gasteiger charge is -1.97. The zero-order valence-electron chi connectivity index (χ0n) is 11.1. The number of hydrogen-bond acceptors (Lipinski definition) is 2. The highest BCUT2D eigenvalue weighted by Crippen LogP contribution is 2.05. The Hall–Kier alpha value is -1.30. The van der Waals surface area contributed by atoms with E-state index in [0.29, 0.717) is 0 Å². The van der Waals surface area contributed by atoms with Gasteiger partial charge < -0.3 is 12.3 Å². The van der Waals surface area contributed by atoms with Gasteiger partial charge in [0.15, 0.2) is 0 Å². The van der Waals surface area contributed by atoms with Gasteiger partial charge in [0, 0.05) is 5.56 Å². The molecule has 2 heteroatoms. The zero-order valence-corrected chi connectivity index (χ0v) is 11.1. The molecule has 0 aliphatic rings. The van der Waals surface area contributed by atoms with E-state index in [1.54, 1.807) is 0 Å². The van der Waals surface area contributed by atoms with Gasteiger partial charge in [-0.1, -0.05) is 45.2 Å². The largest absolute Gasteiger partial charge is 0.344 e. The maximum absolute atomic E-state index is 3.03. The Morgan fingerprint density at radius 3 is 1.88 bits per heavy atom. The highest BCUT2D eigenvalue weighted by Gasteiger charge is 1.89. The van der Waals surface area contributed by atoms with Crippen molar-refractivity contribution < 1.29 is 0 Å². The molecule has 0 spiro atoms. The first kappa shape index (κ1) is 20.2. The van der Waals surface area contributed by atoms with Gasteiger partial charge in [-0.15, -0.1) is 5.92 Å². The molecule has 2 nitrogen and oxygen atoms in total. The van der Waals surface area contributed by atoms with Crippen molar-refractivity contribution in [1.82, 2.24) is 12.3 Å². The summed E-state index contributed by atoms with van der Waals surface area (Å²) in [7, 11) is 0. The Balaban J connectivity index is -0.000000399. The van der Waals surface area contributed by atoms with E-state index in [-0.39, 0.29) is 12.3 Å². The minimum absolute atomic E-state index is 0. The van der Waals surface area contributed by atoms with Crippen LogP contribution in [0.25, 0.3) is 0 Å². The summed E-state index contributed by atoms with van der Waals surface area (Å²) in [5.74, 6) is 5.91. The van der Waals surface area contributed by atoms with Crippen LogP contribution in [0.5, 0.6) is 0 Å². The predicted molar refractivity (Wildman–Crippen MR) is 74.4 cm³/mol. The van der Waals surface area contributed by atoms with Gasteiger partial charge in [0.25, 0.3) is 0 Å². The molecule has 0 saturated heterocycles. The van der Waals surface area contributed by atoms with Gasteiger partial charge in [-0.25, -0.2) is 0 Å². The van der Waals surface area contributed by atoms with Crippen LogP contribution in [0.2, 0.25) is 0 Å². The molecule has 0 bridgehead atoms. The fraction of sp³-hybridized carbons (Fsp3) is 0.429.